The van der Waals surface area contributed by atoms with E-state index in [1.165, 1.54) is 23.4 Å². The van der Waals surface area contributed by atoms with Crippen LogP contribution in [-0.2, 0) is 18.3 Å². The number of benzene rings is 1. The van der Waals surface area contributed by atoms with Crippen molar-refractivity contribution in [1.82, 2.24) is 14.7 Å². The van der Waals surface area contributed by atoms with Crippen LogP contribution < -0.4 is 0 Å². The van der Waals surface area contributed by atoms with Crippen LogP contribution in [0, 0.1) is 11.7 Å². The first kappa shape index (κ1) is 13.5. The van der Waals surface area contributed by atoms with E-state index < -0.39 is 0 Å². The summed E-state index contributed by atoms with van der Waals surface area (Å²) in [5.74, 6) is 0.677. The van der Waals surface area contributed by atoms with Crippen LogP contribution in [0.1, 0.15) is 24.1 Å². The molecule has 2 aliphatic rings. The molecule has 0 bridgehead atoms. The van der Waals surface area contributed by atoms with Crippen molar-refractivity contribution in [2.45, 2.75) is 19.3 Å². The third kappa shape index (κ3) is 1.88. The van der Waals surface area contributed by atoms with Gasteiger partial charge in [-0.1, -0.05) is 12.1 Å². The Bertz CT molecular complexity index is 767. The number of amides is 1. The van der Waals surface area contributed by atoms with Crippen LogP contribution in [0.3, 0.4) is 0 Å². The van der Waals surface area contributed by atoms with Crippen molar-refractivity contribution in [1.29, 1.82) is 0 Å². The van der Waals surface area contributed by atoms with Crippen molar-refractivity contribution in [2.24, 2.45) is 13.0 Å². The van der Waals surface area contributed by atoms with Crippen LogP contribution in [0.25, 0.3) is 11.3 Å². The molecular weight excluding hydrogens is 281 g/mol. The molecule has 1 aliphatic heterocycles. The average Bonchev–Trinajstić information content (AvgIpc) is 3.09. The second-order valence-electron chi connectivity index (χ2n) is 6.34. The smallest absolute Gasteiger partial charge is 0.219 e. The molecule has 0 unspecified atom stereocenters. The maximum Gasteiger partial charge on any atom is 0.219 e. The highest BCUT2D eigenvalue weighted by molar-refractivity contribution is 5.74. The molecule has 0 radical (unpaired) electrons. The SMILES string of the molecule is CC(=O)N1C[C@@H]2Cc3c(c(-c4cccc(F)c4)nn3C)[C@@H]2C1. The third-order valence-corrected chi connectivity index (χ3v) is 5.02. The fourth-order valence-corrected chi connectivity index (χ4v) is 3.97. The van der Waals surface area contributed by atoms with E-state index in [4.69, 9.17) is 0 Å². The van der Waals surface area contributed by atoms with Gasteiger partial charge in [0.1, 0.15) is 5.82 Å². The fraction of sp³-hybridized carbons (Fsp3) is 0.412. The monoisotopic (exact) mass is 299 g/mol. The second kappa shape index (κ2) is 4.66. The number of aromatic nitrogens is 2. The van der Waals surface area contributed by atoms with E-state index >= 15 is 0 Å². The first-order valence-electron chi connectivity index (χ1n) is 7.62. The van der Waals surface area contributed by atoms with Gasteiger partial charge < -0.3 is 4.90 Å². The minimum absolute atomic E-state index is 0.132. The fourth-order valence-electron chi connectivity index (χ4n) is 3.97. The quantitative estimate of drug-likeness (QED) is 0.810. The van der Waals surface area contributed by atoms with E-state index in [1.54, 1.807) is 13.0 Å². The number of carbonyl (C=O) groups excluding carboxylic acids is 1. The Hall–Kier alpha value is -2.17. The first-order valence-corrected chi connectivity index (χ1v) is 7.62. The maximum atomic E-state index is 13.6. The number of carbonyl (C=O) groups is 1. The van der Waals surface area contributed by atoms with Crippen molar-refractivity contribution in [3.05, 3.63) is 41.3 Å². The molecule has 4 rings (SSSR count). The van der Waals surface area contributed by atoms with E-state index in [0.29, 0.717) is 11.8 Å². The Morgan fingerprint density at radius 2 is 2.18 bits per heavy atom. The van der Waals surface area contributed by atoms with Gasteiger partial charge in [-0.3, -0.25) is 9.48 Å². The van der Waals surface area contributed by atoms with Crippen LogP contribution in [0.2, 0.25) is 0 Å². The topological polar surface area (TPSA) is 38.1 Å². The lowest BCUT2D eigenvalue weighted by molar-refractivity contribution is -0.127. The van der Waals surface area contributed by atoms with E-state index in [0.717, 1.165) is 30.8 Å². The summed E-state index contributed by atoms with van der Waals surface area (Å²) in [6, 6.07) is 6.60. The zero-order valence-electron chi connectivity index (χ0n) is 12.7. The standard InChI is InChI=1S/C17H18FN3O/c1-10(22)21-8-12-7-15-16(14(12)9-21)17(19-20(15)2)11-4-3-5-13(18)6-11/h3-6,12,14H,7-9H2,1-2H3/t12-,14+/m0/s1. The van der Waals surface area contributed by atoms with Gasteiger partial charge in [0.25, 0.3) is 0 Å². The van der Waals surface area contributed by atoms with Crippen molar-refractivity contribution < 1.29 is 9.18 Å². The minimum Gasteiger partial charge on any atom is -0.342 e. The maximum absolute atomic E-state index is 13.6. The summed E-state index contributed by atoms with van der Waals surface area (Å²) in [5, 5.41) is 4.62. The van der Waals surface area contributed by atoms with Gasteiger partial charge in [0.05, 0.1) is 5.69 Å². The number of aryl methyl sites for hydroxylation is 1. The molecule has 2 heterocycles. The molecule has 1 amide bonds. The van der Waals surface area contributed by atoms with Gasteiger partial charge in [-0.05, 0) is 24.5 Å². The van der Waals surface area contributed by atoms with E-state index in [2.05, 4.69) is 5.10 Å². The van der Waals surface area contributed by atoms with Crippen molar-refractivity contribution in [3.63, 3.8) is 0 Å². The number of fused-ring (bicyclic) bond motifs is 3. The molecule has 5 heteroatoms. The van der Waals surface area contributed by atoms with Crippen LogP contribution in [-0.4, -0.2) is 33.7 Å². The lowest BCUT2D eigenvalue weighted by Crippen LogP contribution is -2.26. The van der Waals surface area contributed by atoms with Gasteiger partial charge in [-0.2, -0.15) is 5.10 Å². The van der Waals surface area contributed by atoms with Gasteiger partial charge in [-0.15, -0.1) is 0 Å². The molecule has 0 N–H and O–H groups in total. The molecular formula is C17H18FN3O. The molecule has 1 aromatic heterocycles. The summed E-state index contributed by atoms with van der Waals surface area (Å²) in [4.78, 5) is 13.6. The van der Waals surface area contributed by atoms with Crippen molar-refractivity contribution in [3.8, 4) is 11.3 Å². The Morgan fingerprint density at radius 3 is 2.91 bits per heavy atom. The Kier molecular flexibility index (Phi) is 2.86. The number of hydrogen-bond donors (Lipinski definition) is 0. The Balaban J connectivity index is 1.79. The highest BCUT2D eigenvalue weighted by atomic mass is 19.1. The molecule has 2 aromatic rings. The summed E-state index contributed by atoms with van der Waals surface area (Å²) < 4.78 is 15.5. The highest BCUT2D eigenvalue weighted by Crippen LogP contribution is 2.46. The van der Waals surface area contributed by atoms with Crippen molar-refractivity contribution >= 4 is 5.91 Å². The number of nitrogens with zero attached hydrogens (tertiary/aromatic N) is 3. The molecule has 0 spiro atoms. The lowest BCUT2D eigenvalue weighted by atomic mass is 9.94. The molecule has 1 aliphatic carbocycles. The summed E-state index contributed by atoms with van der Waals surface area (Å²) in [5.41, 5.74) is 4.13. The van der Waals surface area contributed by atoms with Crippen LogP contribution in [0.15, 0.2) is 24.3 Å². The molecule has 1 aromatic carbocycles. The molecule has 4 nitrogen and oxygen atoms in total. The number of likely N-dealkylation sites (tertiary alicyclic amines) is 1. The molecule has 2 atom stereocenters. The van der Waals surface area contributed by atoms with E-state index in [9.17, 15) is 9.18 Å². The zero-order chi connectivity index (χ0) is 15.4. The van der Waals surface area contributed by atoms with Gasteiger partial charge >= 0.3 is 0 Å². The average molecular weight is 299 g/mol. The van der Waals surface area contributed by atoms with E-state index in [1.807, 2.05) is 22.7 Å². The Morgan fingerprint density at radius 1 is 1.36 bits per heavy atom. The molecule has 1 saturated heterocycles. The summed E-state index contributed by atoms with van der Waals surface area (Å²) in [6.45, 7) is 3.19. The summed E-state index contributed by atoms with van der Waals surface area (Å²) in [6.07, 6.45) is 0.947. The predicted molar refractivity (Wildman–Crippen MR) is 80.8 cm³/mol. The van der Waals surface area contributed by atoms with Gasteiger partial charge in [0.2, 0.25) is 5.91 Å². The Labute approximate surface area is 128 Å². The molecule has 1 fully saturated rings. The highest BCUT2D eigenvalue weighted by Gasteiger charge is 2.44. The first-order chi connectivity index (χ1) is 10.5. The summed E-state index contributed by atoms with van der Waals surface area (Å²) >= 11 is 0. The minimum atomic E-state index is -0.247. The largest absolute Gasteiger partial charge is 0.342 e. The number of halogens is 1. The molecule has 22 heavy (non-hydrogen) atoms. The summed E-state index contributed by atoms with van der Waals surface area (Å²) in [7, 11) is 1.95. The lowest BCUT2D eigenvalue weighted by Gasteiger charge is -2.14. The number of hydrogen-bond acceptors (Lipinski definition) is 2. The van der Waals surface area contributed by atoms with Crippen LogP contribution in [0.5, 0.6) is 0 Å². The van der Waals surface area contributed by atoms with Crippen LogP contribution in [0.4, 0.5) is 4.39 Å². The molecule has 0 saturated carbocycles. The van der Waals surface area contributed by atoms with Gasteiger partial charge in [0, 0.05) is 49.8 Å². The molecule has 114 valence electrons. The van der Waals surface area contributed by atoms with Crippen molar-refractivity contribution in [2.75, 3.05) is 13.1 Å². The van der Waals surface area contributed by atoms with Crippen LogP contribution >= 0.6 is 0 Å². The predicted octanol–water partition coefficient (Wildman–Crippen LogP) is 2.34. The van der Waals surface area contributed by atoms with E-state index in [-0.39, 0.29) is 11.7 Å². The third-order valence-electron chi connectivity index (χ3n) is 5.02. The van der Waals surface area contributed by atoms with Gasteiger partial charge in [0.15, 0.2) is 0 Å². The normalized spacial score (nSPS) is 22.8. The van der Waals surface area contributed by atoms with Gasteiger partial charge in [-0.25, -0.2) is 4.39 Å². The number of rotatable bonds is 1. The second-order valence-corrected chi connectivity index (χ2v) is 6.34. The zero-order valence-corrected chi connectivity index (χ0v) is 12.7.